The van der Waals surface area contributed by atoms with Gasteiger partial charge >= 0.3 is 0 Å². The largest absolute Gasteiger partial charge is 0.393 e. The smallest absolute Gasteiger partial charge is 0.0543 e. The summed E-state index contributed by atoms with van der Waals surface area (Å²) in [6.07, 6.45) is 5.95. The molecular weight excluding hydrogens is 148 g/mol. The van der Waals surface area contributed by atoms with E-state index in [9.17, 15) is 5.11 Å². The first kappa shape index (κ1) is 10.0. The van der Waals surface area contributed by atoms with Gasteiger partial charge in [-0.05, 0) is 43.4 Å². The van der Waals surface area contributed by atoms with Crippen molar-refractivity contribution in [1.82, 2.24) is 0 Å². The van der Waals surface area contributed by atoms with Gasteiger partial charge < -0.3 is 5.11 Å². The zero-order valence-electron chi connectivity index (χ0n) is 8.64. The predicted molar refractivity (Wildman–Crippen MR) is 52.0 cm³/mol. The lowest BCUT2D eigenvalue weighted by Gasteiger charge is -2.20. The molecule has 0 aromatic carbocycles. The number of hydrogen-bond donors (Lipinski definition) is 1. The Morgan fingerprint density at radius 1 is 1.25 bits per heavy atom. The van der Waals surface area contributed by atoms with E-state index >= 15 is 0 Å². The standard InChI is InChI=1S/C11H22O/c1-11(2,3)7-6-9-4-5-10(12)8-9/h9-10,12H,4-8H2,1-3H3. The van der Waals surface area contributed by atoms with Crippen LogP contribution in [0, 0.1) is 11.3 Å². The van der Waals surface area contributed by atoms with Crippen molar-refractivity contribution in [3.8, 4) is 0 Å². The second-order valence-corrected chi connectivity index (χ2v) is 5.43. The van der Waals surface area contributed by atoms with Gasteiger partial charge in [-0.1, -0.05) is 20.8 Å². The van der Waals surface area contributed by atoms with Crippen molar-refractivity contribution >= 4 is 0 Å². The van der Waals surface area contributed by atoms with Crippen molar-refractivity contribution in [2.24, 2.45) is 11.3 Å². The lowest BCUT2D eigenvalue weighted by Crippen LogP contribution is -2.08. The highest BCUT2D eigenvalue weighted by Crippen LogP contribution is 2.32. The summed E-state index contributed by atoms with van der Waals surface area (Å²) in [5, 5.41) is 9.33. The van der Waals surface area contributed by atoms with Crippen molar-refractivity contribution in [2.45, 2.75) is 59.0 Å². The first-order valence-electron chi connectivity index (χ1n) is 5.15. The normalized spacial score (nSPS) is 31.0. The van der Waals surface area contributed by atoms with Crippen LogP contribution in [0.1, 0.15) is 52.9 Å². The van der Waals surface area contributed by atoms with E-state index in [-0.39, 0.29) is 6.10 Å². The van der Waals surface area contributed by atoms with Gasteiger partial charge in [-0.25, -0.2) is 0 Å². The highest BCUT2D eigenvalue weighted by Gasteiger charge is 2.23. The summed E-state index contributed by atoms with van der Waals surface area (Å²) in [6, 6.07) is 0. The molecule has 2 unspecified atom stereocenters. The van der Waals surface area contributed by atoms with Gasteiger partial charge in [0.2, 0.25) is 0 Å². The molecule has 0 heterocycles. The van der Waals surface area contributed by atoms with Gasteiger partial charge in [0.25, 0.3) is 0 Å². The van der Waals surface area contributed by atoms with Crippen LogP contribution in [0.4, 0.5) is 0 Å². The minimum Gasteiger partial charge on any atom is -0.393 e. The maximum absolute atomic E-state index is 9.33. The van der Waals surface area contributed by atoms with Crippen molar-refractivity contribution in [3.05, 3.63) is 0 Å². The molecule has 0 radical (unpaired) electrons. The van der Waals surface area contributed by atoms with Gasteiger partial charge in [-0.3, -0.25) is 0 Å². The molecule has 0 aromatic rings. The fourth-order valence-electron chi connectivity index (χ4n) is 1.95. The lowest BCUT2D eigenvalue weighted by molar-refractivity contribution is 0.175. The van der Waals surface area contributed by atoms with Gasteiger partial charge in [-0.15, -0.1) is 0 Å². The molecule has 0 amide bonds. The van der Waals surface area contributed by atoms with Gasteiger partial charge in [-0.2, -0.15) is 0 Å². The molecule has 0 saturated heterocycles. The fourth-order valence-corrected chi connectivity index (χ4v) is 1.95. The minimum absolute atomic E-state index is 0.00923. The molecule has 1 rings (SSSR count). The van der Waals surface area contributed by atoms with Crippen molar-refractivity contribution < 1.29 is 5.11 Å². The molecule has 0 spiro atoms. The number of aliphatic hydroxyl groups is 1. The Morgan fingerprint density at radius 3 is 2.33 bits per heavy atom. The molecule has 0 aromatic heterocycles. The first-order chi connectivity index (χ1) is 5.47. The van der Waals surface area contributed by atoms with Crippen molar-refractivity contribution in [2.75, 3.05) is 0 Å². The first-order valence-corrected chi connectivity index (χ1v) is 5.15. The second-order valence-electron chi connectivity index (χ2n) is 5.43. The van der Waals surface area contributed by atoms with Gasteiger partial charge in [0.15, 0.2) is 0 Å². The van der Waals surface area contributed by atoms with Crippen LogP contribution < -0.4 is 0 Å². The summed E-state index contributed by atoms with van der Waals surface area (Å²) in [5.41, 5.74) is 0.466. The maximum Gasteiger partial charge on any atom is 0.0543 e. The molecule has 72 valence electrons. The molecule has 1 heteroatoms. The number of rotatable bonds is 2. The Labute approximate surface area is 76.2 Å². The molecule has 2 atom stereocenters. The quantitative estimate of drug-likeness (QED) is 0.675. The van der Waals surface area contributed by atoms with Crippen LogP contribution in [-0.4, -0.2) is 11.2 Å². The highest BCUT2D eigenvalue weighted by atomic mass is 16.3. The van der Waals surface area contributed by atoms with E-state index in [4.69, 9.17) is 0 Å². The average molecular weight is 170 g/mol. The van der Waals surface area contributed by atoms with Gasteiger partial charge in [0.05, 0.1) is 6.10 Å². The highest BCUT2D eigenvalue weighted by molar-refractivity contribution is 4.76. The van der Waals surface area contributed by atoms with Gasteiger partial charge in [0, 0.05) is 0 Å². The topological polar surface area (TPSA) is 20.2 Å². The van der Waals surface area contributed by atoms with Crippen LogP contribution in [0.3, 0.4) is 0 Å². The Hall–Kier alpha value is -0.0400. The maximum atomic E-state index is 9.33. The molecule has 1 nitrogen and oxygen atoms in total. The zero-order chi connectivity index (χ0) is 9.19. The Morgan fingerprint density at radius 2 is 1.92 bits per heavy atom. The van der Waals surface area contributed by atoms with E-state index in [0.717, 1.165) is 18.8 Å². The summed E-state index contributed by atoms with van der Waals surface area (Å²) in [6.45, 7) is 6.87. The third kappa shape index (κ3) is 3.57. The number of hydrogen-bond acceptors (Lipinski definition) is 1. The second kappa shape index (κ2) is 3.78. The SMILES string of the molecule is CC(C)(C)CCC1CCC(O)C1. The van der Waals surface area contributed by atoms with E-state index in [1.807, 2.05) is 0 Å². The molecule has 1 fully saturated rings. The van der Waals surface area contributed by atoms with Crippen LogP contribution >= 0.6 is 0 Å². The molecule has 1 saturated carbocycles. The van der Waals surface area contributed by atoms with Crippen LogP contribution in [-0.2, 0) is 0 Å². The van der Waals surface area contributed by atoms with E-state index < -0.39 is 0 Å². The fraction of sp³-hybridized carbons (Fsp3) is 1.00. The van der Waals surface area contributed by atoms with Crippen molar-refractivity contribution in [3.63, 3.8) is 0 Å². The summed E-state index contributed by atoms with van der Waals surface area (Å²) < 4.78 is 0. The third-order valence-corrected chi connectivity index (χ3v) is 2.82. The number of aliphatic hydroxyl groups excluding tert-OH is 1. The van der Waals surface area contributed by atoms with E-state index in [1.54, 1.807) is 0 Å². The summed E-state index contributed by atoms with van der Waals surface area (Å²) in [7, 11) is 0. The molecule has 0 aliphatic heterocycles. The van der Waals surface area contributed by atoms with Crippen LogP contribution in [0.15, 0.2) is 0 Å². The average Bonchev–Trinajstić information content (AvgIpc) is 2.30. The van der Waals surface area contributed by atoms with Crippen LogP contribution in [0.25, 0.3) is 0 Å². The summed E-state index contributed by atoms with van der Waals surface area (Å²) in [5.74, 6) is 0.805. The molecular formula is C11H22O. The third-order valence-electron chi connectivity index (χ3n) is 2.82. The van der Waals surface area contributed by atoms with E-state index in [2.05, 4.69) is 20.8 Å². The predicted octanol–water partition coefficient (Wildman–Crippen LogP) is 2.97. The summed E-state index contributed by atoms with van der Waals surface area (Å²) >= 11 is 0. The van der Waals surface area contributed by atoms with Crippen LogP contribution in [0.5, 0.6) is 0 Å². The Kier molecular flexibility index (Phi) is 3.16. The lowest BCUT2D eigenvalue weighted by atomic mass is 9.86. The van der Waals surface area contributed by atoms with Gasteiger partial charge in [0.1, 0.15) is 0 Å². The van der Waals surface area contributed by atoms with E-state index in [1.165, 1.54) is 19.3 Å². The molecule has 0 bridgehead atoms. The Bertz CT molecular complexity index is 134. The Balaban J connectivity index is 2.16. The van der Waals surface area contributed by atoms with Crippen LogP contribution in [0.2, 0.25) is 0 Å². The minimum atomic E-state index is 0.00923. The van der Waals surface area contributed by atoms with E-state index in [0.29, 0.717) is 5.41 Å². The zero-order valence-corrected chi connectivity index (χ0v) is 8.64. The van der Waals surface area contributed by atoms with Crippen molar-refractivity contribution in [1.29, 1.82) is 0 Å². The molecule has 1 aliphatic carbocycles. The molecule has 1 N–H and O–H groups in total. The molecule has 1 aliphatic rings. The summed E-state index contributed by atoms with van der Waals surface area (Å²) in [4.78, 5) is 0. The molecule has 12 heavy (non-hydrogen) atoms. The monoisotopic (exact) mass is 170 g/mol.